The van der Waals surface area contributed by atoms with E-state index < -0.39 is 0 Å². The number of nitrogens with zero attached hydrogens (tertiary/aromatic N) is 2. The van der Waals surface area contributed by atoms with Crippen LogP contribution in [0.25, 0.3) is 0 Å². The highest BCUT2D eigenvalue weighted by Gasteiger charge is 2.25. The minimum absolute atomic E-state index is 0.00376. The number of benzene rings is 1. The molecule has 3 amide bonds. The topological polar surface area (TPSA) is 69.7 Å². The lowest BCUT2D eigenvalue weighted by atomic mass is 10.1. The number of hydrogen-bond donors (Lipinski definition) is 1. The Kier molecular flexibility index (Phi) is 6.35. The summed E-state index contributed by atoms with van der Waals surface area (Å²) in [7, 11) is 0. The highest BCUT2D eigenvalue weighted by Crippen LogP contribution is 2.07. The molecular weight excluding hydrogens is 306 g/mol. The zero-order chi connectivity index (χ0) is 17.5. The van der Waals surface area contributed by atoms with Crippen molar-refractivity contribution < 1.29 is 14.4 Å². The van der Waals surface area contributed by atoms with Crippen LogP contribution in [0.4, 0.5) is 0 Å². The summed E-state index contributed by atoms with van der Waals surface area (Å²) in [6.45, 7) is 5.91. The SMILES string of the molecule is CC(C)C(=O)N1CCN(C(=O)CNC(=O)Cc2ccccc2)CC1. The van der Waals surface area contributed by atoms with Crippen LogP contribution in [0.3, 0.4) is 0 Å². The molecule has 1 N–H and O–H groups in total. The zero-order valence-corrected chi connectivity index (χ0v) is 14.3. The Balaban J connectivity index is 1.72. The summed E-state index contributed by atoms with van der Waals surface area (Å²) in [5.41, 5.74) is 0.920. The highest BCUT2D eigenvalue weighted by atomic mass is 16.2. The van der Waals surface area contributed by atoms with Crippen LogP contribution in [-0.2, 0) is 20.8 Å². The molecule has 1 aromatic carbocycles. The molecule has 0 unspecified atom stereocenters. The van der Waals surface area contributed by atoms with E-state index in [0.717, 1.165) is 5.56 Å². The van der Waals surface area contributed by atoms with Crippen LogP contribution in [0.15, 0.2) is 30.3 Å². The Morgan fingerprint density at radius 3 is 2.17 bits per heavy atom. The van der Waals surface area contributed by atoms with Gasteiger partial charge in [0.2, 0.25) is 17.7 Å². The van der Waals surface area contributed by atoms with Crippen molar-refractivity contribution in [2.45, 2.75) is 20.3 Å². The summed E-state index contributed by atoms with van der Waals surface area (Å²) in [6, 6.07) is 9.42. The monoisotopic (exact) mass is 331 g/mol. The first-order chi connectivity index (χ1) is 11.5. The van der Waals surface area contributed by atoms with Crippen LogP contribution < -0.4 is 5.32 Å². The van der Waals surface area contributed by atoms with Gasteiger partial charge < -0.3 is 15.1 Å². The quantitative estimate of drug-likeness (QED) is 0.862. The van der Waals surface area contributed by atoms with Crippen LogP contribution in [0, 0.1) is 5.92 Å². The second-order valence-corrected chi connectivity index (χ2v) is 6.30. The molecule has 0 aliphatic carbocycles. The Morgan fingerprint density at radius 1 is 1.00 bits per heavy atom. The molecular formula is C18H25N3O3. The number of carbonyl (C=O) groups is 3. The average Bonchev–Trinajstić information content (AvgIpc) is 2.60. The molecule has 24 heavy (non-hydrogen) atoms. The van der Waals surface area contributed by atoms with E-state index in [1.165, 1.54) is 0 Å². The molecule has 0 radical (unpaired) electrons. The molecule has 1 aromatic rings. The first-order valence-electron chi connectivity index (χ1n) is 8.34. The average molecular weight is 331 g/mol. The number of nitrogens with one attached hydrogen (secondary N) is 1. The maximum Gasteiger partial charge on any atom is 0.242 e. The molecule has 6 nitrogen and oxygen atoms in total. The number of rotatable bonds is 5. The fourth-order valence-corrected chi connectivity index (χ4v) is 2.67. The lowest BCUT2D eigenvalue weighted by Gasteiger charge is -2.35. The third-order valence-corrected chi connectivity index (χ3v) is 4.08. The van der Waals surface area contributed by atoms with Crippen molar-refractivity contribution in [3.05, 3.63) is 35.9 Å². The van der Waals surface area contributed by atoms with Crippen molar-refractivity contribution in [3.63, 3.8) is 0 Å². The van der Waals surface area contributed by atoms with E-state index in [1.54, 1.807) is 9.80 Å². The molecule has 1 aliphatic rings. The van der Waals surface area contributed by atoms with Crippen molar-refractivity contribution >= 4 is 17.7 Å². The Morgan fingerprint density at radius 2 is 1.58 bits per heavy atom. The van der Waals surface area contributed by atoms with E-state index in [0.29, 0.717) is 26.2 Å². The second-order valence-electron chi connectivity index (χ2n) is 6.30. The molecule has 2 rings (SSSR count). The predicted octanol–water partition coefficient (Wildman–Crippen LogP) is 0.672. The third kappa shape index (κ3) is 5.08. The van der Waals surface area contributed by atoms with Gasteiger partial charge in [-0.1, -0.05) is 44.2 Å². The van der Waals surface area contributed by atoms with Crippen molar-refractivity contribution in [2.75, 3.05) is 32.7 Å². The van der Waals surface area contributed by atoms with Crippen LogP contribution in [-0.4, -0.2) is 60.2 Å². The maximum atomic E-state index is 12.2. The fraction of sp³-hybridized carbons (Fsp3) is 0.500. The molecule has 1 heterocycles. The summed E-state index contributed by atoms with van der Waals surface area (Å²) < 4.78 is 0. The van der Waals surface area contributed by atoms with Crippen LogP contribution in [0.5, 0.6) is 0 Å². The number of carbonyl (C=O) groups excluding carboxylic acids is 3. The van der Waals surface area contributed by atoms with Crippen molar-refractivity contribution in [2.24, 2.45) is 5.92 Å². The number of amides is 3. The molecule has 1 fully saturated rings. The standard InChI is InChI=1S/C18H25N3O3/c1-14(2)18(24)21-10-8-20(9-11-21)17(23)13-19-16(22)12-15-6-4-3-5-7-15/h3-7,14H,8-13H2,1-2H3,(H,19,22). The van der Waals surface area contributed by atoms with E-state index in [2.05, 4.69) is 5.32 Å². The van der Waals surface area contributed by atoms with Gasteiger partial charge in [0.1, 0.15) is 0 Å². The van der Waals surface area contributed by atoms with Gasteiger partial charge in [-0.05, 0) is 5.56 Å². The minimum Gasteiger partial charge on any atom is -0.347 e. The Labute approximate surface area is 142 Å². The Hall–Kier alpha value is -2.37. The molecule has 0 bridgehead atoms. The summed E-state index contributed by atoms with van der Waals surface area (Å²) >= 11 is 0. The Bertz CT molecular complexity index is 578. The molecule has 1 saturated heterocycles. The van der Waals surface area contributed by atoms with E-state index >= 15 is 0 Å². The van der Waals surface area contributed by atoms with Crippen LogP contribution in [0.2, 0.25) is 0 Å². The largest absolute Gasteiger partial charge is 0.347 e. The van der Waals surface area contributed by atoms with Crippen molar-refractivity contribution in [1.82, 2.24) is 15.1 Å². The van der Waals surface area contributed by atoms with Gasteiger partial charge in [-0.15, -0.1) is 0 Å². The number of piperazine rings is 1. The van der Waals surface area contributed by atoms with E-state index in [4.69, 9.17) is 0 Å². The molecule has 130 valence electrons. The molecule has 6 heteroatoms. The van der Waals surface area contributed by atoms with E-state index in [1.807, 2.05) is 44.2 Å². The first-order valence-corrected chi connectivity index (χ1v) is 8.34. The number of hydrogen-bond acceptors (Lipinski definition) is 3. The summed E-state index contributed by atoms with van der Waals surface area (Å²) in [5, 5.41) is 2.67. The molecule has 0 spiro atoms. The second kappa shape index (κ2) is 8.47. The summed E-state index contributed by atoms with van der Waals surface area (Å²) in [6.07, 6.45) is 0.269. The van der Waals surface area contributed by atoms with Gasteiger partial charge in [-0.3, -0.25) is 14.4 Å². The lowest BCUT2D eigenvalue weighted by molar-refractivity contribution is -0.141. The van der Waals surface area contributed by atoms with Gasteiger partial charge >= 0.3 is 0 Å². The predicted molar refractivity (Wildman–Crippen MR) is 91.2 cm³/mol. The van der Waals surface area contributed by atoms with Crippen LogP contribution >= 0.6 is 0 Å². The van der Waals surface area contributed by atoms with Gasteiger partial charge in [0.05, 0.1) is 13.0 Å². The summed E-state index contributed by atoms with van der Waals surface area (Å²) in [4.78, 5) is 39.5. The van der Waals surface area contributed by atoms with Crippen molar-refractivity contribution in [3.8, 4) is 0 Å². The molecule has 0 saturated carbocycles. The van der Waals surface area contributed by atoms with Gasteiger partial charge in [0.25, 0.3) is 0 Å². The smallest absolute Gasteiger partial charge is 0.242 e. The third-order valence-electron chi connectivity index (χ3n) is 4.08. The zero-order valence-electron chi connectivity index (χ0n) is 14.3. The van der Waals surface area contributed by atoms with E-state index in [9.17, 15) is 14.4 Å². The summed E-state index contributed by atoms with van der Waals surface area (Å²) in [5.74, 6) is -0.168. The fourth-order valence-electron chi connectivity index (χ4n) is 2.67. The first kappa shape index (κ1) is 18.0. The molecule has 0 atom stereocenters. The minimum atomic E-state index is -0.164. The normalized spacial score (nSPS) is 14.6. The maximum absolute atomic E-state index is 12.2. The lowest BCUT2D eigenvalue weighted by Crippen LogP contribution is -2.53. The van der Waals surface area contributed by atoms with Crippen LogP contribution in [0.1, 0.15) is 19.4 Å². The van der Waals surface area contributed by atoms with Gasteiger partial charge in [-0.2, -0.15) is 0 Å². The highest BCUT2D eigenvalue weighted by molar-refractivity contribution is 5.86. The molecule has 0 aromatic heterocycles. The molecule has 1 aliphatic heterocycles. The van der Waals surface area contributed by atoms with Gasteiger partial charge in [0.15, 0.2) is 0 Å². The van der Waals surface area contributed by atoms with E-state index in [-0.39, 0.29) is 36.6 Å². The van der Waals surface area contributed by atoms with Gasteiger partial charge in [0, 0.05) is 32.1 Å². The van der Waals surface area contributed by atoms with Crippen molar-refractivity contribution in [1.29, 1.82) is 0 Å². The van der Waals surface area contributed by atoms with Gasteiger partial charge in [-0.25, -0.2) is 0 Å².